The van der Waals surface area contributed by atoms with E-state index in [4.69, 9.17) is 0 Å². The summed E-state index contributed by atoms with van der Waals surface area (Å²) in [6.45, 7) is 6.32. The number of rotatable bonds is 3. The van der Waals surface area contributed by atoms with Gasteiger partial charge in [-0.3, -0.25) is 4.79 Å². The van der Waals surface area contributed by atoms with Gasteiger partial charge in [0.25, 0.3) is 0 Å². The standard InChI is InChI=1S/C21H22N4OS/c1-21(2,3)19-22-23-20-25(19)24-16(14-10-6-4-7-11-14)18(27-20)17(26)15-12-8-5-9-13-15/h4-13,16,18,24H,1-3H3/t16-,18-/m0/s1. The van der Waals surface area contributed by atoms with Crippen LogP contribution in [0.15, 0.2) is 65.8 Å². The second kappa shape index (κ2) is 6.85. The minimum absolute atomic E-state index is 0.0912. The van der Waals surface area contributed by atoms with Gasteiger partial charge in [-0.05, 0) is 5.56 Å². The number of benzene rings is 2. The maximum atomic E-state index is 13.3. The highest BCUT2D eigenvalue weighted by Gasteiger charge is 2.39. The number of nitrogens with one attached hydrogen (secondary N) is 1. The number of hydrogen-bond acceptors (Lipinski definition) is 5. The number of aromatic nitrogens is 3. The first-order valence-electron chi connectivity index (χ1n) is 8.98. The molecule has 0 aliphatic carbocycles. The smallest absolute Gasteiger partial charge is 0.210 e. The van der Waals surface area contributed by atoms with Crippen LogP contribution in [0.1, 0.15) is 48.6 Å². The van der Waals surface area contributed by atoms with Crippen molar-refractivity contribution < 1.29 is 4.79 Å². The molecular formula is C21H22N4OS. The fourth-order valence-corrected chi connectivity index (χ4v) is 4.37. The molecule has 5 nitrogen and oxygen atoms in total. The van der Waals surface area contributed by atoms with E-state index < -0.39 is 0 Å². The number of thioether (sulfide) groups is 1. The van der Waals surface area contributed by atoms with Gasteiger partial charge in [-0.25, -0.2) is 4.68 Å². The predicted molar refractivity (Wildman–Crippen MR) is 108 cm³/mol. The Labute approximate surface area is 163 Å². The maximum absolute atomic E-state index is 13.3. The van der Waals surface area contributed by atoms with E-state index in [-0.39, 0.29) is 22.5 Å². The SMILES string of the molecule is CC(C)(C)c1nnc2n1N[C@@H](c1ccccc1)[C@@H](C(=O)c1ccccc1)S2. The van der Waals surface area contributed by atoms with Crippen molar-refractivity contribution in [3.05, 3.63) is 77.6 Å². The first-order valence-corrected chi connectivity index (χ1v) is 9.86. The zero-order valence-electron chi connectivity index (χ0n) is 15.6. The average molecular weight is 379 g/mol. The van der Waals surface area contributed by atoms with Crippen LogP contribution in [0.2, 0.25) is 0 Å². The Morgan fingerprint density at radius 1 is 1.00 bits per heavy atom. The van der Waals surface area contributed by atoms with Gasteiger partial charge in [0.1, 0.15) is 5.25 Å². The second-order valence-corrected chi connectivity index (χ2v) is 8.79. The zero-order chi connectivity index (χ0) is 19.0. The molecule has 0 radical (unpaired) electrons. The van der Waals surface area contributed by atoms with E-state index in [2.05, 4.69) is 48.5 Å². The number of fused-ring (bicyclic) bond motifs is 1. The molecule has 2 atom stereocenters. The van der Waals surface area contributed by atoms with Crippen LogP contribution in [0, 0.1) is 0 Å². The molecule has 2 heterocycles. The van der Waals surface area contributed by atoms with Crippen molar-refractivity contribution in [2.45, 2.75) is 42.6 Å². The lowest BCUT2D eigenvalue weighted by molar-refractivity contribution is 0.0980. The molecule has 27 heavy (non-hydrogen) atoms. The molecule has 138 valence electrons. The summed E-state index contributed by atoms with van der Waals surface area (Å²) >= 11 is 1.48. The third-order valence-electron chi connectivity index (χ3n) is 4.58. The summed E-state index contributed by atoms with van der Waals surface area (Å²) in [5.74, 6) is 0.949. The first-order chi connectivity index (χ1) is 12.9. The van der Waals surface area contributed by atoms with Crippen molar-refractivity contribution in [1.82, 2.24) is 14.9 Å². The summed E-state index contributed by atoms with van der Waals surface area (Å²) in [5.41, 5.74) is 5.14. The van der Waals surface area contributed by atoms with Crippen molar-refractivity contribution >= 4 is 17.5 Å². The Bertz CT molecular complexity index is 947. The van der Waals surface area contributed by atoms with Crippen LogP contribution in [0.5, 0.6) is 0 Å². The van der Waals surface area contributed by atoms with Crippen LogP contribution in [-0.4, -0.2) is 25.9 Å². The highest BCUT2D eigenvalue weighted by Crippen LogP contribution is 2.39. The number of Topliss-reactive ketones (excluding diaryl/α,β-unsaturated/α-hetero) is 1. The summed E-state index contributed by atoms with van der Waals surface area (Å²) in [5, 5.41) is 9.12. The van der Waals surface area contributed by atoms with Crippen LogP contribution >= 0.6 is 11.8 Å². The molecule has 4 rings (SSSR count). The molecule has 3 aromatic rings. The van der Waals surface area contributed by atoms with Crippen molar-refractivity contribution in [2.24, 2.45) is 0 Å². The van der Waals surface area contributed by atoms with E-state index in [0.717, 1.165) is 16.5 Å². The number of ketones is 1. The highest BCUT2D eigenvalue weighted by molar-refractivity contribution is 8.00. The first kappa shape index (κ1) is 17.8. The Kier molecular flexibility index (Phi) is 4.52. The summed E-state index contributed by atoms with van der Waals surface area (Å²) in [7, 11) is 0. The minimum Gasteiger partial charge on any atom is -0.313 e. The monoisotopic (exact) mass is 378 g/mol. The van der Waals surface area contributed by atoms with Crippen molar-refractivity contribution in [3.63, 3.8) is 0 Å². The largest absolute Gasteiger partial charge is 0.313 e. The Morgan fingerprint density at radius 3 is 2.26 bits per heavy atom. The topological polar surface area (TPSA) is 59.8 Å². The van der Waals surface area contributed by atoms with Crippen molar-refractivity contribution in [1.29, 1.82) is 0 Å². The molecule has 0 spiro atoms. The molecule has 0 fully saturated rings. The van der Waals surface area contributed by atoms with Crippen LogP contribution in [0.4, 0.5) is 0 Å². The lowest BCUT2D eigenvalue weighted by Gasteiger charge is -2.34. The van der Waals surface area contributed by atoms with Gasteiger partial charge in [0.05, 0.1) is 6.04 Å². The average Bonchev–Trinajstić information content (AvgIpc) is 3.11. The molecule has 0 unspecified atom stereocenters. The number of hydrogen-bond donors (Lipinski definition) is 1. The Balaban J connectivity index is 1.78. The van der Waals surface area contributed by atoms with E-state index in [1.54, 1.807) is 0 Å². The molecule has 1 aliphatic heterocycles. The van der Waals surface area contributed by atoms with E-state index in [0.29, 0.717) is 5.56 Å². The minimum atomic E-state index is -0.320. The lowest BCUT2D eigenvalue weighted by Crippen LogP contribution is -2.40. The Hall–Kier alpha value is -2.60. The second-order valence-electron chi connectivity index (χ2n) is 7.68. The normalized spacial score (nSPS) is 19.2. The van der Waals surface area contributed by atoms with E-state index in [1.165, 1.54) is 11.8 Å². The number of nitrogens with zero attached hydrogens (tertiary/aromatic N) is 3. The fourth-order valence-electron chi connectivity index (χ4n) is 3.22. The molecule has 1 aliphatic rings. The molecule has 0 saturated heterocycles. The van der Waals surface area contributed by atoms with E-state index in [1.807, 2.05) is 53.2 Å². The van der Waals surface area contributed by atoms with E-state index in [9.17, 15) is 4.79 Å². The van der Waals surface area contributed by atoms with Crippen LogP contribution in [-0.2, 0) is 5.41 Å². The molecular weight excluding hydrogens is 356 g/mol. The van der Waals surface area contributed by atoms with Crippen molar-refractivity contribution in [2.75, 3.05) is 5.43 Å². The van der Waals surface area contributed by atoms with Gasteiger partial charge < -0.3 is 5.43 Å². The van der Waals surface area contributed by atoms with Gasteiger partial charge in [0.2, 0.25) is 5.16 Å². The quantitative estimate of drug-likeness (QED) is 0.692. The van der Waals surface area contributed by atoms with Gasteiger partial charge in [-0.1, -0.05) is 93.2 Å². The molecule has 1 N–H and O–H groups in total. The molecule has 0 bridgehead atoms. The van der Waals surface area contributed by atoms with E-state index >= 15 is 0 Å². The predicted octanol–water partition coefficient (Wildman–Crippen LogP) is 4.22. The molecule has 6 heteroatoms. The molecule has 1 aromatic heterocycles. The summed E-state index contributed by atoms with van der Waals surface area (Å²) in [6, 6.07) is 19.4. The zero-order valence-corrected chi connectivity index (χ0v) is 16.4. The van der Waals surface area contributed by atoms with Gasteiger partial charge in [0, 0.05) is 11.0 Å². The molecule has 0 amide bonds. The van der Waals surface area contributed by atoms with Crippen LogP contribution in [0.25, 0.3) is 0 Å². The lowest BCUT2D eigenvalue weighted by atomic mass is 9.95. The van der Waals surface area contributed by atoms with Gasteiger partial charge in [-0.2, -0.15) is 0 Å². The van der Waals surface area contributed by atoms with Gasteiger partial charge in [-0.15, -0.1) is 10.2 Å². The van der Waals surface area contributed by atoms with Crippen molar-refractivity contribution in [3.8, 4) is 0 Å². The highest BCUT2D eigenvalue weighted by atomic mass is 32.2. The fraction of sp³-hybridized carbons (Fsp3) is 0.286. The Morgan fingerprint density at radius 2 is 1.63 bits per heavy atom. The van der Waals surface area contributed by atoms with Crippen LogP contribution < -0.4 is 5.43 Å². The maximum Gasteiger partial charge on any atom is 0.210 e. The third-order valence-corrected chi connectivity index (χ3v) is 5.80. The molecule has 0 saturated carbocycles. The molecule has 2 aromatic carbocycles. The number of carbonyl (C=O) groups is 1. The summed E-state index contributed by atoms with van der Waals surface area (Å²) in [6.07, 6.45) is 0. The number of carbonyl (C=O) groups excluding carboxylic acids is 1. The summed E-state index contributed by atoms with van der Waals surface area (Å²) < 4.78 is 1.94. The summed E-state index contributed by atoms with van der Waals surface area (Å²) in [4.78, 5) is 13.3. The van der Waals surface area contributed by atoms with Gasteiger partial charge >= 0.3 is 0 Å². The van der Waals surface area contributed by atoms with Crippen LogP contribution in [0.3, 0.4) is 0 Å². The third kappa shape index (κ3) is 3.37. The van der Waals surface area contributed by atoms with Gasteiger partial charge in [0.15, 0.2) is 11.6 Å².